The maximum absolute atomic E-state index is 12.4. The highest BCUT2D eigenvalue weighted by molar-refractivity contribution is 7.20. The molecule has 0 saturated heterocycles. The second-order valence-corrected chi connectivity index (χ2v) is 7.29. The van der Waals surface area contributed by atoms with Crippen LogP contribution in [0.5, 0.6) is 0 Å². The Labute approximate surface area is 153 Å². The molecule has 1 N–H and O–H groups in total. The molecule has 0 atom stereocenters. The first kappa shape index (κ1) is 16.5. The van der Waals surface area contributed by atoms with Crippen LogP contribution < -0.4 is 5.32 Å². The number of nitrogens with one attached hydrogen (secondary N) is 1. The number of carbonyl (C=O) groups is 1. The largest absolute Gasteiger partial charge is 0.361 e. The van der Waals surface area contributed by atoms with E-state index >= 15 is 0 Å². The highest BCUT2D eigenvalue weighted by atomic mass is 32.1. The van der Waals surface area contributed by atoms with E-state index in [0.717, 1.165) is 21.5 Å². The van der Waals surface area contributed by atoms with Crippen LogP contribution in [0.1, 0.15) is 33.1 Å². The van der Waals surface area contributed by atoms with Gasteiger partial charge in [0.2, 0.25) is 5.13 Å². The van der Waals surface area contributed by atoms with Gasteiger partial charge in [0.1, 0.15) is 11.6 Å². The zero-order valence-corrected chi connectivity index (χ0v) is 15.6. The molecule has 0 unspecified atom stereocenters. The van der Waals surface area contributed by atoms with Crippen molar-refractivity contribution in [1.82, 2.24) is 19.9 Å². The Morgan fingerprint density at radius 3 is 2.69 bits per heavy atom. The van der Waals surface area contributed by atoms with Crippen molar-refractivity contribution in [1.29, 1.82) is 0 Å². The van der Waals surface area contributed by atoms with Crippen molar-refractivity contribution in [3.63, 3.8) is 0 Å². The number of benzene rings is 1. The molecule has 4 aromatic rings. The van der Waals surface area contributed by atoms with Gasteiger partial charge in [-0.1, -0.05) is 22.6 Å². The molecule has 0 radical (unpaired) electrons. The first-order valence-electron chi connectivity index (χ1n) is 8.10. The van der Waals surface area contributed by atoms with Gasteiger partial charge in [0.25, 0.3) is 5.91 Å². The van der Waals surface area contributed by atoms with Crippen molar-refractivity contribution in [2.24, 2.45) is 0 Å². The fraction of sp³-hybridized carbons (Fsp3) is 0.222. The van der Waals surface area contributed by atoms with Crippen LogP contribution in [0.15, 0.2) is 28.8 Å². The van der Waals surface area contributed by atoms with E-state index in [0.29, 0.717) is 16.7 Å². The van der Waals surface area contributed by atoms with E-state index in [9.17, 15) is 4.79 Å². The molecule has 3 heterocycles. The van der Waals surface area contributed by atoms with E-state index in [1.807, 2.05) is 13.8 Å². The molecule has 1 aromatic carbocycles. The molecule has 26 heavy (non-hydrogen) atoms. The van der Waals surface area contributed by atoms with Crippen molar-refractivity contribution in [2.45, 2.75) is 27.7 Å². The van der Waals surface area contributed by atoms with Crippen LogP contribution in [0.4, 0.5) is 5.82 Å². The van der Waals surface area contributed by atoms with Crippen molar-refractivity contribution in [3.05, 3.63) is 52.5 Å². The van der Waals surface area contributed by atoms with Gasteiger partial charge in [0.05, 0.1) is 15.9 Å². The Kier molecular flexibility index (Phi) is 3.84. The van der Waals surface area contributed by atoms with E-state index in [1.54, 1.807) is 23.7 Å². The van der Waals surface area contributed by atoms with Crippen LogP contribution in [0, 0.1) is 27.7 Å². The summed E-state index contributed by atoms with van der Waals surface area (Å²) >= 11 is 1.54. The van der Waals surface area contributed by atoms with Gasteiger partial charge in [-0.2, -0.15) is 9.78 Å². The second-order valence-electron chi connectivity index (χ2n) is 6.28. The molecule has 4 rings (SSSR count). The van der Waals surface area contributed by atoms with Gasteiger partial charge in [-0.15, -0.1) is 0 Å². The lowest BCUT2D eigenvalue weighted by Crippen LogP contribution is -2.15. The average Bonchev–Trinajstić information content (AvgIpc) is 3.25. The van der Waals surface area contributed by atoms with Crippen LogP contribution in [-0.4, -0.2) is 25.8 Å². The summed E-state index contributed by atoms with van der Waals surface area (Å²) in [6, 6.07) is 7.60. The summed E-state index contributed by atoms with van der Waals surface area (Å²) in [7, 11) is 0. The quantitative estimate of drug-likeness (QED) is 0.592. The topological polar surface area (TPSA) is 85.8 Å². The number of aromatic nitrogens is 4. The van der Waals surface area contributed by atoms with Gasteiger partial charge >= 0.3 is 0 Å². The van der Waals surface area contributed by atoms with Crippen LogP contribution in [0.25, 0.3) is 15.3 Å². The molecular weight excluding hydrogens is 350 g/mol. The number of anilines is 1. The van der Waals surface area contributed by atoms with Gasteiger partial charge in [-0.3, -0.25) is 4.79 Å². The van der Waals surface area contributed by atoms with Gasteiger partial charge in [0.15, 0.2) is 5.69 Å². The predicted molar refractivity (Wildman–Crippen MR) is 100 cm³/mol. The molecule has 3 aromatic heterocycles. The monoisotopic (exact) mass is 367 g/mol. The Balaban J connectivity index is 1.74. The lowest BCUT2D eigenvalue weighted by molar-refractivity contribution is 0.101. The highest BCUT2D eigenvalue weighted by Gasteiger charge is 2.18. The fourth-order valence-electron chi connectivity index (χ4n) is 2.84. The summed E-state index contributed by atoms with van der Waals surface area (Å²) in [6.07, 6.45) is 0. The molecular formula is C18H17N5O2S. The molecule has 8 heteroatoms. The lowest BCUT2D eigenvalue weighted by Gasteiger charge is -2.04. The lowest BCUT2D eigenvalue weighted by atomic mass is 10.1. The van der Waals surface area contributed by atoms with Crippen molar-refractivity contribution in [3.8, 4) is 5.13 Å². The maximum Gasteiger partial charge on any atom is 0.279 e. The second kappa shape index (κ2) is 6.06. The van der Waals surface area contributed by atoms with Gasteiger partial charge in [-0.05, 0) is 44.9 Å². The normalized spacial score (nSPS) is 11.2. The first-order valence-corrected chi connectivity index (χ1v) is 8.92. The summed E-state index contributed by atoms with van der Waals surface area (Å²) in [5.41, 5.74) is 4.27. The average molecular weight is 367 g/mol. The summed E-state index contributed by atoms with van der Waals surface area (Å²) in [4.78, 5) is 17.1. The summed E-state index contributed by atoms with van der Waals surface area (Å²) in [5, 5.41) is 11.8. The third-order valence-electron chi connectivity index (χ3n) is 3.93. The number of hydrogen-bond donors (Lipinski definition) is 1. The molecule has 0 spiro atoms. The first-order chi connectivity index (χ1) is 12.4. The third kappa shape index (κ3) is 2.88. The molecule has 0 fully saturated rings. The molecule has 7 nitrogen and oxygen atoms in total. The fourth-order valence-corrected chi connectivity index (χ4v) is 3.94. The van der Waals surface area contributed by atoms with Crippen molar-refractivity contribution in [2.75, 3.05) is 5.32 Å². The number of aryl methyl sites for hydroxylation is 4. The highest BCUT2D eigenvalue weighted by Crippen LogP contribution is 2.30. The molecule has 0 saturated carbocycles. The van der Waals surface area contributed by atoms with Crippen molar-refractivity contribution >= 4 is 33.3 Å². The van der Waals surface area contributed by atoms with Crippen LogP contribution in [0.2, 0.25) is 0 Å². The van der Waals surface area contributed by atoms with E-state index in [1.165, 1.54) is 16.9 Å². The standard InChI is InChI=1S/C18H17N5O2S/c1-9-5-10(2)16-14(6-9)26-18(20-16)23-15(7-11(3)21-23)19-17(24)13-8-12(4)25-22-13/h5-8H,1-4H3,(H,19,24). The number of hydrogen-bond acceptors (Lipinski definition) is 6. The SMILES string of the molecule is Cc1cc(C)c2nc(-n3nc(C)cc3NC(=O)c3cc(C)on3)sc2c1. The Morgan fingerprint density at radius 1 is 1.15 bits per heavy atom. The van der Waals surface area contributed by atoms with Crippen LogP contribution in [-0.2, 0) is 0 Å². The third-order valence-corrected chi connectivity index (χ3v) is 4.91. The molecule has 1 amide bonds. The van der Waals surface area contributed by atoms with E-state index in [2.05, 4.69) is 34.6 Å². The molecule has 132 valence electrons. The van der Waals surface area contributed by atoms with E-state index < -0.39 is 0 Å². The minimum absolute atomic E-state index is 0.226. The van der Waals surface area contributed by atoms with Crippen LogP contribution in [0.3, 0.4) is 0 Å². The minimum atomic E-state index is -0.351. The van der Waals surface area contributed by atoms with Crippen LogP contribution >= 0.6 is 11.3 Å². The van der Waals surface area contributed by atoms with E-state index in [4.69, 9.17) is 9.51 Å². The predicted octanol–water partition coefficient (Wildman–Crippen LogP) is 3.96. The molecule has 0 aliphatic carbocycles. The maximum atomic E-state index is 12.4. The number of carbonyl (C=O) groups excluding carboxylic acids is 1. The van der Waals surface area contributed by atoms with E-state index in [-0.39, 0.29) is 11.6 Å². The molecule has 0 aliphatic heterocycles. The Morgan fingerprint density at radius 2 is 1.96 bits per heavy atom. The smallest absolute Gasteiger partial charge is 0.279 e. The summed E-state index contributed by atoms with van der Waals surface area (Å²) in [6.45, 7) is 7.72. The van der Waals surface area contributed by atoms with Gasteiger partial charge in [0, 0.05) is 12.1 Å². The summed E-state index contributed by atoms with van der Waals surface area (Å²) in [5.74, 6) is 0.773. The van der Waals surface area contributed by atoms with Gasteiger partial charge < -0.3 is 9.84 Å². The molecule has 0 aliphatic rings. The number of amides is 1. The van der Waals surface area contributed by atoms with Gasteiger partial charge in [-0.25, -0.2) is 4.98 Å². The van der Waals surface area contributed by atoms with Crippen molar-refractivity contribution < 1.29 is 9.32 Å². The summed E-state index contributed by atoms with van der Waals surface area (Å²) < 4.78 is 7.71. The minimum Gasteiger partial charge on any atom is -0.361 e. The Bertz CT molecular complexity index is 1140. The zero-order valence-electron chi connectivity index (χ0n) is 14.8. The Hall–Kier alpha value is -3.00. The number of fused-ring (bicyclic) bond motifs is 1. The molecule has 0 bridgehead atoms. The number of rotatable bonds is 3. The zero-order chi connectivity index (χ0) is 18.4. The number of thiazole rings is 1. The number of nitrogens with zero attached hydrogens (tertiary/aromatic N) is 4.